The highest BCUT2D eigenvalue weighted by molar-refractivity contribution is 6.13. The van der Waals surface area contributed by atoms with Gasteiger partial charge < -0.3 is 16.4 Å². The number of rotatable bonds is 1. The summed E-state index contributed by atoms with van der Waals surface area (Å²) < 4.78 is 0. The van der Waals surface area contributed by atoms with Crippen LogP contribution in [0.15, 0.2) is 12.1 Å². The molecule has 4 N–H and O–H groups in total. The largest absolute Gasteiger partial charge is 0.397 e. The molecule has 0 radical (unpaired) electrons. The monoisotopic (exact) mass is 247 g/mol. The van der Waals surface area contributed by atoms with Crippen molar-refractivity contribution in [2.24, 2.45) is 5.92 Å². The third kappa shape index (κ3) is 1.92. The van der Waals surface area contributed by atoms with Crippen LogP contribution in [0, 0.1) is 12.8 Å². The van der Waals surface area contributed by atoms with Gasteiger partial charge in [-0.25, -0.2) is 0 Å². The molecular formula is C13H17N3O2. The van der Waals surface area contributed by atoms with Crippen LogP contribution in [0.3, 0.4) is 0 Å². The van der Waals surface area contributed by atoms with Crippen LogP contribution in [0.25, 0.3) is 0 Å². The van der Waals surface area contributed by atoms with Crippen LogP contribution in [0.1, 0.15) is 29.8 Å². The van der Waals surface area contributed by atoms with Gasteiger partial charge in [-0.05, 0) is 24.5 Å². The first-order valence-electron chi connectivity index (χ1n) is 5.92. The molecule has 18 heavy (non-hydrogen) atoms. The van der Waals surface area contributed by atoms with Gasteiger partial charge in [0.1, 0.15) is 6.04 Å². The first-order valence-corrected chi connectivity index (χ1v) is 5.92. The van der Waals surface area contributed by atoms with E-state index >= 15 is 0 Å². The van der Waals surface area contributed by atoms with E-state index in [-0.39, 0.29) is 17.7 Å². The third-order valence-corrected chi connectivity index (χ3v) is 3.16. The SMILES string of the molecule is Cc1ccc(N)c2c1C(=O)NC(C(C)C)C(=O)N2. The van der Waals surface area contributed by atoms with E-state index in [0.29, 0.717) is 16.9 Å². The Kier molecular flexibility index (Phi) is 2.98. The standard InChI is InChI=1S/C13H17N3O2/c1-6(2)10-13(18)16-11-8(14)5-4-7(3)9(11)12(17)15-10/h4-6,10H,14H2,1-3H3,(H,15,17)(H,16,18). The molecule has 0 bridgehead atoms. The lowest BCUT2D eigenvalue weighted by molar-refractivity contribution is -0.118. The minimum Gasteiger partial charge on any atom is -0.397 e. The Bertz CT molecular complexity index is 523. The molecule has 1 atom stereocenters. The van der Waals surface area contributed by atoms with E-state index < -0.39 is 6.04 Å². The number of aryl methyl sites for hydroxylation is 1. The van der Waals surface area contributed by atoms with Crippen molar-refractivity contribution in [1.82, 2.24) is 5.32 Å². The van der Waals surface area contributed by atoms with Crippen molar-refractivity contribution in [3.63, 3.8) is 0 Å². The molecule has 0 spiro atoms. The number of amides is 2. The van der Waals surface area contributed by atoms with E-state index in [1.54, 1.807) is 12.1 Å². The first kappa shape index (κ1) is 12.4. The molecule has 0 saturated heterocycles. The maximum atomic E-state index is 12.2. The Balaban J connectivity index is 2.55. The molecule has 2 amide bonds. The fourth-order valence-electron chi connectivity index (χ4n) is 2.10. The van der Waals surface area contributed by atoms with Crippen molar-refractivity contribution in [1.29, 1.82) is 0 Å². The van der Waals surface area contributed by atoms with Crippen molar-refractivity contribution in [3.05, 3.63) is 23.3 Å². The second-order valence-electron chi connectivity index (χ2n) is 4.91. The number of nitrogen functional groups attached to an aromatic ring is 1. The van der Waals surface area contributed by atoms with Crippen LogP contribution in [0.4, 0.5) is 11.4 Å². The number of hydrogen-bond acceptors (Lipinski definition) is 3. The van der Waals surface area contributed by atoms with E-state index in [2.05, 4.69) is 10.6 Å². The molecule has 0 fully saturated rings. The molecule has 2 rings (SSSR count). The minimum absolute atomic E-state index is 0.0183. The Morgan fingerprint density at radius 2 is 1.94 bits per heavy atom. The summed E-state index contributed by atoms with van der Waals surface area (Å²) in [6.45, 7) is 5.59. The highest BCUT2D eigenvalue weighted by atomic mass is 16.2. The van der Waals surface area contributed by atoms with E-state index in [0.717, 1.165) is 5.56 Å². The van der Waals surface area contributed by atoms with Crippen LogP contribution in [0.5, 0.6) is 0 Å². The molecule has 1 heterocycles. The lowest BCUT2D eigenvalue weighted by Crippen LogP contribution is -2.44. The van der Waals surface area contributed by atoms with Crippen LogP contribution in [0.2, 0.25) is 0 Å². The molecule has 1 aliphatic rings. The zero-order valence-corrected chi connectivity index (χ0v) is 10.7. The smallest absolute Gasteiger partial charge is 0.254 e. The van der Waals surface area contributed by atoms with Crippen molar-refractivity contribution in [3.8, 4) is 0 Å². The zero-order chi connectivity index (χ0) is 13.4. The second-order valence-corrected chi connectivity index (χ2v) is 4.91. The number of nitrogens with two attached hydrogens (primary N) is 1. The average Bonchev–Trinajstić information content (AvgIpc) is 2.42. The Hall–Kier alpha value is -2.04. The molecule has 1 aromatic carbocycles. The summed E-state index contributed by atoms with van der Waals surface area (Å²) in [6.07, 6.45) is 0. The van der Waals surface area contributed by atoms with Gasteiger partial charge in [-0.1, -0.05) is 19.9 Å². The Morgan fingerprint density at radius 1 is 1.28 bits per heavy atom. The topological polar surface area (TPSA) is 84.2 Å². The molecular weight excluding hydrogens is 230 g/mol. The van der Waals surface area contributed by atoms with Crippen LogP contribution < -0.4 is 16.4 Å². The van der Waals surface area contributed by atoms with Crippen molar-refractivity contribution in [2.75, 3.05) is 11.1 Å². The lowest BCUT2D eigenvalue weighted by Gasteiger charge is -2.17. The molecule has 0 aromatic heterocycles. The second kappa shape index (κ2) is 4.33. The van der Waals surface area contributed by atoms with Gasteiger partial charge in [0.2, 0.25) is 5.91 Å². The number of hydrogen-bond donors (Lipinski definition) is 3. The number of nitrogens with one attached hydrogen (secondary N) is 2. The number of benzene rings is 1. The van der Waals surface area contributed by atoms with Crippen molar-refractivity contribution in [2.45, 2.75) is 26.8 Å². The number of anilines is 2. The van der Waals surface area contributed by atoms with Gasteiger partial charge in [0.05, 0.1) is 16.9 Å². The molecule has 5 nitrogen and oxygen atoms in total. The fourth-order valence-corrected chi connectivity index (χ4v) is 2.10. The summed E-state index contributed by atoms with van der Waals surface area (Å²) >= 11 is 0. The third-order valence-electron chi connectivity index (χ3n) is 3.16. The summed E-state index contributed by atoms with van der Waals surface area (Å²) in [5.41, 5.74) is 7.90. The summed E-state index contributed by atoms with van der Waals surface area (Å²) in [6, 6.07) is 2.93. The van der Waals surface area contributed by atoms with E-state index in [9.17, 15) is 9.59 Å². The van der Waals surface area contributed by atoms with Gasteiger partial charge in [0.25, 0.3) is 5.91 Å². The molecule has 1 aromatic rings. The fraction of sp³-hybridized carbons (Fsp3) is 0.385. The molecule has 1 unspecified atom stereocenters. The molecule has 0 aliphatic carbocycles. The van der Waals surface area contributed by atoms with Gasteiger partial charge in [-0.2, -0.15) is 0 Å². The predicted molar refractivity (Wildman–Crippen MR) is 70.3 cm³/mol. The van der Waals surface area contributed by atoms with Gasteiger partial charge in [0.15, 0.2) is 0 Å². The van der Waals surface area contributed by atoms with Gasteiger partial charge in [-0.3, -0.25) is 9.59 Å². The van der Waals surface area contributed by atoms with Crippen LogP contribution >= 0.6 is 0 Å². The van der Waals surface area contributed by atoms with E-state index in [1.165, 1.54) is 0 Å². The normalized spacial score (nSPS) is 19.0. The average molecular weight is 247 g/mol. The van der Waals surface area contributed by atoms with Crippen molar-refractivity contribution >= 4 is 23.2 Å². The molecule has 5 heteroatoms. The molecule has 0 saturated carbocycles. The van der Waals surface area contributed by atoms with Gasteiger partial charge in [-0.15, -0.1) is 0 Å². The van der Waals surface area contributed by atoms with Crippen LogP contribution in [-0.4, -0.2) is 17.9 Å². The highest BCUT2D eigenvalue weighted by Gasteiger charge is 2.31. The predicted octanol–water partition coefficient (Wildman–Crippen LogP) is 1.28. The van der Waals surface area contributed by atoms with Gasteiger partial charge in [0, 0.05) is 0 Å². The molecule has 1 aliphatic heterocycles. The minimum atomic E-state index is -0.538. The summed E-state index contributed by atoms with van der Waals surface area (Å²) in [5.74, 6) is -0.467. The number of fused-ring (bicyclic) bond motifs is 1. The zero-order valence-electron chi connectivity index (χ0n) is 10.7. The number of carbonyl (C=O) groups excluding carboxylic acids is 2. The quantitative estimate of drug-likeness (QED) is 0.654. The summed E-state index contributed by atoms with van der Waals surface area (Å²) in [4.78, 5) is 24.2. The number of carbonyl (C=O) groups is 2. The summed E-state index contributed by atoms with van der Waals surface area (Å²) in [7, 11) is 0. The van der Waals surface area contributed by atoms with E-state index in [4.69, 9.17) is 5.73 Å². The first-order chi connectivity index (χ1) is 8.41. The van der Waals surface area contributed by atoms with Crippen molar-refractivity contribution < 1.29 is 9.59 Å². The summed E-state index contributed by atoms with van der Waals surface area (Å²) in [5, 5.41) is 5.49. The Labute approximate surface area is 106 Å². The van der Waals surface area contributed by atoms with Crippen LogP contribution in [-0.2, 0) is 4.79 Å². The highest BCUT2D eigenvalue weighted by Crippen LogP contribution is 2.29. The lowest BCUT2D eigenvalue weighted by atomic mass is 10.0. The Morgan fingerprint density at radius 3 is 2.56 bits per heavy atom. The van der Waals surface area contributed by atoms with Gasteiger partial charge >= 0.3 is 0 Å². The molecule has 96 valence electrons. The van der Waals surface area contributed by atoms with E-state index in [1.807, 2.05) is 20.8 Å². The maximum absolute atomic E-state index is 12.2. The maximum Gasteiger partial charge on any atom is 0.254 e.